The summed E-state index contributed by atoms with van der Waals surface area (Å²) in [5, 5.41) is 3.42. The smallest absolute Gasteiger partial charge is 0.0683 e. The maximum absolute atomic E-state index is 5.39. The fraction of sp³-hybridized carbons (Fsp3) is 0.800. The van der Waals surface area contributed by atoms with Crippen molar-refractivity contribution in [2.24, 2.45) is 11.8 Å². The Morgan fingerprint density at radius 1 is 1.42 bits per heavy atom. The average Bonchev–Trinajstić information content (AvgIpc) is 2.60. The monoisotopic (exact) mass is 164 g/mol. The lowest BCUT2D eigenvalue weighted by molar-refractivity contribution is 0.285. The highest BCUT2D eigenvalue weighted by Crippen LogP contribution is 2.27. The van der Waals surface area contributed by atoms with E-state index in [9.17, 15) is 0 Å². The highest BCUT2D eigenvalue weighted by Gasteiger charge is 2.37. The molecule has 0 amide bonds. The first-order valence-corrected chi connectivity index (χ1v) is 4.72. The highest BCUT2D eigenvalue weighted by atomic mass is 15.2. The first-order chi connectivity index (χ1) is 5.81. The Hall–Kier alpha value is -0.520. The van der Waals surface area contributed by atoms with E-state index >= 15 is 0 Å². The van der Waals surface area contributed by atoms with Gasteiger partial charge in [-0.25, -0.2) is 0 Å². The molecular formula is C10H16N2. The van der Waals surface area contributed by atoms with Crippen molar-refractivity contribution in [1.29, 1.82) is 0 Å². The first-order valence-electron chi connectivity index (χ1n) is 4.72. The fourth-order valence-electron chi connectivity index (χ4n) is 2.31. The third-order valence-corrected chi connectivity index (χ3v) is 3.21. The number of fused-ring (bicyclic) bond motifs is 1. The molecule has 2 nitrogen and oxygen atoms in total. The minimum Gasteiger partial charge on any atom is -0.316 e. The molecule has 3 atom stereocenters. The van der Waals surface area contributed by atoms with Gasteiger partial charge in [-0.1, -0.05) is 5.92 Å². The van der Waals surface area contributed by atoms with Crippen LogP contribution in [0.1, 0.15) is 6.92 Å². The van der Waals surface area contributed by atoms with E-state index in [1.54, 1.807) is 0 Å². The number of nitrogens with one attached hydrogen (secondary N) is 1. The van der Waals surface area contributed by atoms with Crippen LogP contribution in [0, 0.1) is 24.2 Å². The molecule has 2 saturated heterocycles. The zero-order chi connectivity index (χ0) is 8.55. The third-order valence-electron chi connectivity index (χ3n) is 3.21. The third kappa shape index (κ3) is 1.24. The summed E-state index contributed by atoms with van der Waals surface area (Å²) < 4.78 is 0. The zero-order valence-electron chi connectivity index (χ0n) is 7.59. The van der Waals surface area contributed by atoms with E-state index in [1.807, 2.05) is 0 Å². The van der Waals surface area contributed by atoms with Gasteiger partial charge in [0.1, 0.15) is 0 Å². The largest absolute Gasteiger partial charge is 0.316 e. The Kier molecular flexibility index (Phi) is 2.08. The molecule has 2 aliphatic rings. The van der Waals surface area contributed by atoms with Crippen LogP contribution in [0.15, 0.2) is 0 Å². The molecule has 0 aromatic rings. The van der Waals surface area contributed by atoms with Crippen molar-refractivity contribution in [3.63, 3.8) is 0 Å². The molecule has 2 heterocycles. The molecule has 1 N–H and O–H groups in total. The Morgan fingerprint density at radius 3 is 2.50 bits per heavy atom. The predicted octanol–water partition coefficient (Wildman–Crippen LogP) is 0.159. The minimum absolute atomic E-state index is 0.329. The topological polar surface area (TPSA) is 15.3 Å². The Labute approximate surface area is 74.3 Å². The molecule has 0 aliphatic carbocycles. The van der Waals surface area contributed by atoms with Crippen LogP contribution in [0.2, 0.25) is 0 Å². The summed E-state index contributed by atoms with van der Waals surface area (Å²) in [6.07, 6.45) is 5.39. The van der Waals surface area contributed by atoms with Gasteiger partial charge in [0, 0.05) is 13.1 Å². The summed E-state index contributed by atoms with van der Waals surface area (Å²) in [4.78, 5) is 2.43. The second-order valence-electron chi connectivity index (χ2n) is 3.97. The molecule has 0 spiro atoms. The van der Waals surface area contributed by atoms with Gasteiger partial charge in [0.05, 0.1) is 6.04 Å². The highest BCUT2D eigenvalue weighted by molar-refractivity contribution is 5.02. The average molecular weight is 164 g/mol. The van der Waals surface area contributed by atoms with Crippen molar-refractivity contribution in [3.05, 3.63) is 0 Å². The van der Waals surface area contributed by atoms with E-state index in [2.05, 4.69) is 23.1 Å². The standard InChI is InChI=1S/C10H16N2/c1-3-8(2)12-6-9-4-11-5-10(9)7-12/h1,8-11H,4-7H2,2H3. The Morgan fingerprint density at radius 2 is 2.00 bits per heavy atom. The molecule has 0 bridgehead atoms. The van der Waals surface area contributed by atoms with Gasteiger partial charge < -0.3 is 5.32 Å². The van der Waals surface area contributed by atoms with E-state index < -0.39 is 0 Å². The Bertz CT molecular complexity index is 194. The Balaban J connectivity index is 1.95. The molecule has 2 aliphatic heterocycles. The summed E-state index contributed by atoms with van der Waals surface area (Å²) >= 11 is 0. The molecule has 2 heteroatoms. The second kappa shape index (κ2) is 3.08. The predicted molar refractivity (Wildman–Crippen MR) is 49.7 cm³/mol. The van der Waals surface area contributed by atoms with Crippen molar-refractivity contribution in [1.82, 2.24) is 10.2 Å². The van der Waals surface area contributed by atoms with Crippen LogP contribution < -0.4 is 5.32 Å². The van der Waals surface area contributed by atoms with Gasteiger partial charge in [-0.3, -0.25) is 4.90 Å². The lowest BCUT2D eigenvalue weighted by Gasteiger charge is -2.20. The van der Waals surface area contributed by atoms with Gasteiger partial charge in [0.25, 0.3) is 0 Å². The van der Waals surface area contributed by atoms with E-state index in [1.165, 1.54) is 26.2 Å². The van der Waals surface area contributed by atoms with E-state index in [-0.39, 0.29) is 0 Å². The molecule has 0 aromatic heterocycles. The van der Waals surface area contributed by atoms with Crippen LogP contribution in [-0.2, 0) is 0 Å². The van der Waals surface area contributed by atoms with E-state index in [0.717, 1.165) is 11.8 Å². The van der Waals surface area contributed by atoms with Gasteiger partial charge in [-0.15, -0.1) is 6.42 Å². The quantitative estimate of drug-likeness (QED) is 0.555. The van der Waals surface area contributed by atoms with Gasteiger partial charge in [0.2, 0.25) is 0 Å². The number of nitrogens with zero attached hydrogens (tertiary/aromatic N) is 1. The minimum atomic E-state index is 0.329. The zero-order valence-corrected chi connectivity index (χ0v) is 7.59. The molecule has 12 heavy (non-hydrogen) atoms. The van der Waals surface area contributed by atoms with E-state index in [4.69, 9.17) is 6.42 Å². The number of terminal acetylenes is 1. The van der Waals surface area contributed by atoms with Crippen LogP contribution >= 0.6 is 0 Å². The van der Waals surface area contributed by atoms with Crippen molar-refractivity contribution in [2.75, 3.05) is 26.2 Å². The van der Waals surface area contributed by atoms with Gasteiger partial charge in [-0.2, -0.15) is 0 Å². The molecule has 2 rings (SSSR count). The molecule has 2 fully saturated rings. The number of hydrogen-bond acceptors (Lipinski definition) is 2. The number of rotatable bonds is 1. The number of hydrogen-bond donors (Lipinski definition) is 1. The van der Waals surface area contributed by atoms with E-state index in [0.29, 0.717) is 6.04 Å². The van der Waals surface area contributed by atoms with Crippen molar-refractivity contribution >= 4 is 0 Å². The van der Waals surface area contributed by atoms with Gasteiger partial charge >= 0.3 is 0 Å². The van der Waals surface area contributed by atoms with Crippen LogP contribution in [0.25, 0.3) is 0 Å². The molecule has 66 valence electrons. The lowest BCUT2D eigenvalue weighted by Crippen LogP contribution is -2.32. The molecular weight excluding hydrogens is 148 g/mol. The first kappa shape index (κ1) is 8.10. The maximum atomic E-state index is 5.39. The van der Waals surface area contributed by atoms with Crippen LogP contribution in [0.5, 0.6) is 0 Å². The second-order valence-corrected chi connectivity index (χ2v) is 3.97. The molecule has 0 aromatic carbocycles. The molecule has 0 radical (unpaired) electrons. The van der Waals surface area contributed by atoms with Crippen molar-refractivity contribution < 1.29 is 0 Å². The van der Waals surface area contributed by atoms with Crippen LogP contribution in [0.3, 0.4) is 0 Å². The van der Waals surface area contributed by atoms with Crippen molar-refractivity contribution in [3.8, 4) is 12.3 Å². The summed E-state index contributed by atoms with van der Waals surface area (Å²) in [6, 6.07) is 0.329. The summed E-state index contributed by atoms with van der Waals surface area (Å²) in [7, 11) is 0. The summed E-state index contributed by atoms with van der Waals surface area (Å²) in [5.74, 6) is 4.53. The lowest BCUT2D eigenvalue weighted by atomic mass is 10.0. The molecule has 0 saturated carbocycles. The molecule has 3 unspecified atom stereocenters. The fourth-order valence-corrected chi connectivity index (χ4v) is 2.31. The number of likely N-dealkylation sites (tertiary alicyclic amines) is 1. The summed E-state index contributed by atoms with van der Waals surface area (Å²) in [6.45, 7) is 6.90. The van der Waals surface area contributed by atoms with Gasteiger partial charge in [0.15, 0.2) is 0 Å². The van der Waals surface area contributed by atoms with Crippen molar-refractivity contribution in [2.45, 2.75) is 13.0 Å². The van der Waals surface area contributed by atoms with Crippen LogP contribution in [-0.4, -0.2) is 37.1 Å². The maximum Gasteiger partial charge on any atom is 0.0683 e. The SMILES string of the molecule is C#CC(C)N1CC2CNCC2C1. The summed E-state index contributed by atoms with van der Waals surface area (Å²) in [5.41, 5.74) is 0. The normalized spacial score (nSPS) is 37.7. The van der Waals surface area contributed by atoms with Crippen LogP contribution in [0.4, 0.5) is 0 Å². The van der Waals surface area contributed by atoms with Gasteiger partial charge in [-0.05, 0) is 31.8 Å².